The van der Waals surface area contributed by atoms with Gasteiger partial charge in [-0.1, -0.05) is 18.5 Å². The molecule has 0 atom stereocenters. The van der Waals surface area contributed by atoms with Crippen molar-refractivity contribution < 1.29 is 19.2 Å². The number of nitrogens with zero attached hydrogens (tertiary/aromatic N) is 2. The van der Waals surface area contributed by atoms with E-state index in [0.717, 1.165) is 31.7 Å². The van der Waals surface area contributed by atoms with Crippen molar-refractivity contribution in [1.29, 1.82) is 0 Å². The molecule has 1 aliphatic carbocycles. The minimum atomic E-state index is -0.937. The van der Waals surface area contributed by atoms with Crippen LogP contribution in [0.15, 0.2) is 18.2 Å². The Kier molecular flexibility index (Phi) is 6.36. The Labute approximate surface area is 151 Å². The van der Waals surface area contributed by atoms with E-state index in [1.54, 1.807) is 11.9 Å². The molecule has 0 N–H and O–H groups in total. The third-order valence-electron chi connectivity index (χ3n) is 4.63. The van der Waals surface area contributed by atoms with Gasteiger partial charge < -0.3 is 9.64 Å². The van der Waals surface area contributed by atoms with Crippen LogP contribution in [0.5, 0.6) is 0 Å². The van der Waals surface area contributed by atoms with Gasteiger partial charge in [0.15, 0.2) is 6.61 Å². The summed E-state index contributed by atoms with van der Waals surface area (Å²) in [5.41, 5.74) is -0.670. The second kappa shape index (κ2) is 8.29. The molecule has 8 heteroatoms. The minimum absolute atomic E-state index is 0.142. The molecule has 0 bridgehead atoms. The molecule has 1 amide bonds. The molecule has 1 aliphatic rings. The van der Waals surface area contributed by atoms with Crippen molar-refractivity contribution in [3.8, 4) is 0 Å². The first-order valence-corrected chi connectivity index (χ1v) is 8.54. The van der Waals surface area contributed by atoms with Gasteiger partial charge in [0.05, 0.1) is 4.92 Å². The van der Waals surface area contributed by atoms with Crippen LogP contribution in [0, 0.1) is 16.0 Å². The maximum Gasteiger partial charge on any atom is 0.345 e. The van der Waals surface area contributed by atoms with Crippen molar-refractivity contribution in [2.24, 2.45) is 5.92 Å². The largest absolute Gasteiger partial charge is 0.452 e. The van der Waals surface area contributed by atoms with Crippen molar-refractivity contribution in [3.05, 3.63) is 38.9 Å². The average Bonchev–Trinajstić information content (AvgIpc) is 2.59. The van der Waals surface area contributed by atoms with E-state index >= 15 is 0 Å². The van der Waals surface area contributed by atoms with Crippen LogP contribution >= 0.6 is 11.6 Å². The second-order valence-corrected chi connectivity index (χ2v) is 6.85. The number of nitro benzene ring substituents is 1. The lowest BCUT2D eigenvalue weighted by atomic mass is 9.87. The molecule has 0 radical (unpaired) electrons. The first-order chi connectivity index (χ1) is 11.8. The molecular weight excluding hydrogens is 348 g/mol. The monoisotopic (exact) mass is 368 g/mol. The first kappa shape index (κ1) is 19.2. The van der Waals surface area contributed by atoms with Crippen molar-refractivity contribution >= 4 is 29.2 Å². The highest BCUT2D eigenvalue weighted by atomic mass is 35.5. The van der Waals surface area contributed by atoms with Gasteiger partial charge >= 0.3 is 5.97 Å². The van der Waals surface area contributed by atoms with E-state index in [2.05, 4.69) is 6.92 Å². The van der Waals surface area contributed by atoms with Crippen molar-refractivity contribution in [2.45, 2.75) is 38.6 Å². The Morgan fingerprint density at radius 3 is 2.56 bits per heavy atom. The standard InChI is InChI=1S/C17H21ClN2O5/c1-11-3-6-13(7-4-11)19(2)16(21)10-25-17(22)14-9-12(18)5-8-15(14)20(23)24/h5,8-9,11,13H,3-4,6-7,10H2,1-2H3. The number of carbonyl (C=O) groups excluding carboxylic acids is 2. The van der Waals surface area contributed by atoms with E-state index in [0.29, 0.717) is 5.92 Å². The summed E-state index contributed by atoms with van der Waals surface area (Å²) in [5, 5.41) is 11.2. The lowest BCUT2D eigenvalue weighted by molar-refractivity contribution is -0.385. The predicted molar refractivity (Wildman–Crippen MR) is 92.6 cm³/mol. The molecule has 1 aromatic rings. The van der Waals surface area contributed by atoms with Crippen LogP contribution in [0.1, 0.15) is 43.0 Å². The molecule has 136 valence electrons. The van der Waals surface area contributed by atoms with Crippen LogP contribution in [0.3, 0.4) is 0 Å². The summed E-state index contributed by atoms with van der Waals surface area (Å²) in [6, 6.07) is 3.76. The van der Waals surface area contributed by atoms with Gasteiger partial charge in [-0.05, 0) is 43.7 Å². The molecule has 1 fully saturated rings. The van der Waals surface area contributed by atoms with E-state index in [4.69, 9.17) is 16.3 Å². The summed E-state index contributed by atoms with van der Waals surface area (Å²) in [7, 11) is 1.69. The second-order valence-electron chi connectivity index (χ2n) is 6.41. The summed E-state index contributed by atoms with van der Waals surface area (Å²) in [6.45, 7) is 1.74. The molecule has 0 heterocycles. The Morgan fingerprint density at radius 2 is 1.96 bits per heavy atom. The number of esters is 1. The number of nitro groups is 1. The molecular formula is C17H21ClN2O5. The number of carbonyl (C=O) groups is 2. The first-order valence-electron chi connectivity index (χ1n) is 8.16. The van der Waals surface area contributed by atoms with Crippen LogP contribution in [-0.4, -0.2) is 41.4 Å². The molecule has 0 saturated heterocycles. The van der Waals surface area contributed by atoms with E-state index in [1.165, 1.54) is 12.1 Å². The highest BCUT2D eigenvalue weighted by Crippen LogP contribution is 2.27. The van der Waals surface area contributed by atoms with Gasteiger partial charge in [0.25, 0.3) is 11.6 Å². The van der Waals surface area contributed by atoms with Crippen LogP contribution in [-0.2, 0) is 9.53 Å². The molecule has 2 rings (SSSR count). The maximum atomic E-state index is 12.2. The fourth-order valence-corrected chi connectivity index (χ4v) is 3.14. The number of hydrogen-bond acceptors (Lipinski definition) is 5. The number of amides is 1. The summed E-state index contributed by atoms with van der Waals surface area (Å²) < 4.78 is 4.98. The summed E-state index contributed by atoms with van der Waals surface area (Å²) in [4.78, 5) is 36.3. The molecule has 7 nitrogen and oxygen atoms in total. The molecule has 0 aliphatic heterocycles. The predicted octanol–water partition coefficient (Wildman–Crippen LogP) is 3.44. The summed E-state index contributed by atoms with van der Waals surface area (Å²) in [5.74, 6) is -0.591. The number of hydrogen-bond donors (Lipinski definition) is 0. The normalized spacial score (nSPS) is 20.0. The quantitative estimate of drug-likeness (QED) is 0.451. The Morgan fingerprint density at radius 1 is 1.32 bits per heavy atom. The van der Waals surface area contributed by atoms with Crippen LogP contribution in [0.4, 0.5) is 5.69 Å². The number of rotatable bonds is 5. The SMILES string of the molecule is CC1CCC(N(C)C(=O)COC(=O)c2cc(Cl)ccc2[N+](=O)[O-])CC1. The smallest absolute Gasteiger partial charge is 0.345 e. The zero-order valence-electron chi connectivity index (χ0n) is 14.2. The summed E-state index contributed by atoms with van der Waals surface area (Å²) >= 11 is 5.79. The number of ether oxygens (including phenoxy) is 1. The zero-order chi connectivity index (χ0) is 18.6. The van der Waals surface area contributed by atoms with Gasteiger partial charge in [-0.3, -0.25) is 14.9 Å². The fraction of sp³-hybridized carbons (Fsp3) is 0.529. The van der Waals surface area contributed by atoms with Crippen LogP contribution in [0.2, 0.25) is 5.02 Å². The molecule has 1 saturated carbocycles. The Bertz CT molecular complexity index is 671. The number of benzene rings is 1. The molecule has 0 spiro atoms. The average molecular weight is 369 g/mol. The summed E-state index contributed by atoms with van der Waals surface area (Å²) in [6.07, 6.45) is 3.99. The van der Waals surface area contributed by atoms with Gasteiger partial charge in [-0.25, -0.2) is 4.79 Å². The van der Waals surface area contributed by atoms with Crippen LogP contribution in [0.25, 0.3) is 0 Å². The van der Waals surface area contributed by atoms with Crippen molar-refractivity contribution in [3.63, 3.8) is 0 Å². The van der Waals surface area contributed by atoms with E-state index < -0.39 is 23.2 Å². The van der Waals surface area contributed by atoms with Gasteiger partial charge in [-0.2, -0.15) is 0 Å². The molecule has 1 aromatic carbocycles. The molecule has 25 heavy (non-hydrogen) atoms. The van der Waals surface area contributed by atoms with Gasteiger partial charge in [0.1, 0.15) is 5.56 Å². The van der Waals surface area contributed by atoms with E-state index in [-0.39, 0.29) is 22.5 Å². The van der Waals surface area contributed by atoms with Gasteiger partial charge in [0.2, 0.25) is 0 Å². The van der Waals surface area contributed by atoms with Crippen molar-refractivity contribution in [2.75, 3.05) is 13.7 Å². The lowest BCUT2D eigenvalue weighted by Crippen LogP contribution is -2.41. The van der Waals surface area contributed by atoms with Gasteiger partial charge in [-0.15, -0.1) is 0 Å². The number of halogens is 1. The fourth-order valence-electron chi connectivity index (χ4n) is 2.97. The molecule has 0 unspecified atom stereocenters. The third kappa shape index (κ3) is 4.92. The van der Waals surface area contributed by atoms with E-state index in [9.17, 15) is 19.7 Å². The Hall–Kier alpha value is -2.15. The highest BCUT2D eigenvalue weighted by Gasteiger charge is 2.27. The topological polar surface area (TPSA) is 89.8 Å². The maximum absolute atomic E-state index is 12.2. The minimum Gasteiger partial charge on any atom is -0.452 e. The van der Waals surface area contributed by atoms with Gasteiger partial charge in [0, 0.05) is 24.2 Å². The Balaban J connectivity index is 1.96. The third-order valence-corrected chi connectivity index (χ3v) is 4.86. The zero-order valence-corrected chi connectivity index (χ0v) is 15.0. The van der Waals surface area contributed by atoms with Crippen LogP contribution < -0.4 is 0 Å². The molecule has 0 aromatic heterocycles. The lowest BCUT2D eigenvalue weighted by Gasteiger charge is -2.33. The van der Waals surface area contributed by atoms with Crippen molar-refractivity contribution in [1.82, 2.24) is 4.90 Å². The highest BCUT2D eigenvalue weighted by molar-refractivity contribution is 6.31. The number of likely N-dealkylation sites (N-methyl/N-ethyl adjacent to an activating group) is 1. The van der Waals surface area contributed by atoms with E-state index in [1.807, 2.05) is 0 Å².